The number of amides is 2. The van der Waals surface area contributed by atoms with E-state index in [1.165, 1.54) is 10.7 Å². The number of fused-ring (bicyclic) bond motifs is 1. The van der Waals surface area contributed by atoms with Gasteiger partial charge in [0.1, 0.15) is 21.9 Å². The number of nitrogens with one attached hydrogen (secondary N) is 1. The molecule has 2 amide bonds. The molecule has 1 saturated carbocycles. The van der Waals surface area contributed by atoms with E-state index in [4.69, 9.17) is 5.73 Å². The molecule has 146 valence electrons. The highest BCUT2D eigenvalue weighted by molar-refractivity contribution is 7.21. The number of alkyl halides is 2. The summed E-state index contributed by atoms with van der Waals surface area (Å²) >= 11 is 0.919. The van der Waals surface area contributed by atoms with Crippen LogP contribution in [0.2, 0.25) is 0 Å². The van der Waals surface area contributed by atoms with E-state index in [0.29, 0.717) is 10.9 Å². The van der Waals surface area contributed by atoms with E-state index in [9.17, 15) is 18.4 Å². The molecular weight excluding hydrogens is 388 g/mol. The number of thiophene rings is 1. The van der Waals surface area contributed by atoms with Gasteiger partial charge in [-0.3, -0.25) is 14.3 Å². The predicted octanol–water partition coefficient (Wildman–Crippen LogP) is 3.35. The van der Waals surface area contributed by atoms with Crippen molar-refractivity contribution in [1.82, 2.24) is 14.8 Å². The zero-order valence-electron chi connectivity index (χ0n) is 14.9. The standard InChI is InChI=1S/C18H17F2N5O2S/c1-8-5-22-25(6-8)7-12(26)24-14-13-10(9-2-3-9)4-11(16(19)20)23-18(13)28-15(14)17(21)27/h4-6,9,16H,2-3,7H2,1H3,(H2,21,27)(H,24,26). The molecule has 3 aromatic rings. The monoisotopic (exact) mass is 405 g/mol. The van der Waals surface area contributed by atoms with Crippen LogP contribution in [-0.2, 0) is 11.3 Å². The number of aryl methyl sites for hydroxylation is 1. The SMILES string of the molecule is Cc1cnn(CC(=O)Nc2c(C(N)=O)sc3nc(C(F)F)cc(C4CC4)c23)c1. The Bertz CT molecular complexity index is 1090. The average molecular weight is 405 g/mol. The summed E-state index contributed by atoms with van der Waals surface area (Å²) in [6.07, 6.45) is 2.35. The van der Waals surface area contributed by atoms with E-state index in [-0.39, 0.29) is 33.6 Å². The van der Waals surface area contributed by atoms with Gasteiger partial charge < -0.3 is 11.1 Å². The third-order valence-electron chi connectivity index (χ3n) is 4.51. The molecule has 0 saturated heterocycles. The van der Waals surface area contributed by atoms with E-state index in [1.807, 2.05) is 6.92 Å². The van der Waals surface area contributed by atoms with Crippen LogP contribution in [0.4, 0.5) is 14.5 Å². The maximum Gasteiger partial charge on any atom is 0.280 e. The molecule has 0 atom stereocenters. The number of nitrogens with two attached hydrogens (primary N) is 1. The van der Waals surface area contributed by atoms with Crippen LogP contribution in [0.15, 0.2) is 18.5 Å². The summed E-state index contributed by atoms with van der Waals surface area (Å²) < 4.78 is 28.0. The summed E-state index contributed by atoms with van der Waals surface area (Å²) in [5, 5.41) is 7.31. The number of hydrogen-bond acceptors (Lipinski definition) is 5. The van der Waals surface area contributed by atoms with Crippen LogP contribution in [0, 0.1) is 6.92 Å². The predicted molar refractivity (Wildman–Crippen MR) is 101 cm³/mol. The summed E-state index contributed by atoms with van der Waals surface area (Å²) in [6, 6.07) is 1.37. The summed E-state index contributed by atoms with van der Waals surface area (Å²) in [6.45, 7) is 1.80. The average Bonchev–Trinajstić information content (AvgIpc) is 3.30. The van der Waals surface area contributed by atoms with Crippen LogP contribution < -0.4 is 11.1 Å². The van der Waals surface area contributed by atoms with Gasteiger partial charge in [-0.05, 0) is 42.9 Å². The van der Waals surface area contributed by atoms with Crippen molar-refractivity contribution in [2.45, 2.75) is 38.7 Å². The first-order valence-corrected chi connectivity index (χ1v) is 9.49. The molecule has 4 rings (SSSR count). The van der Waals surface area contributed by atoms with Crippen molar-refractivity contribution >= 4 is 39.1 Å². The maximum absolute atomic E-state index is 13.3. The van der Waals surface area contributed by atoms with Gasteiger partial charge in [0.25, 0.3) is 12.3 Å². The molecule has 0 bridgehead atoms. The number of halogens is 2. The maximum atomic E-state index is 13.3. The fraction of sp³-hybridized carbons (Fsp3) is 0.333. The number of rotatable bonds is 6. The number of aromatic nitrogens is 3. The zero-order chi connectivity index (χ0) is 20.0. The number of nitrogens with zero attached hydrogens (tertiary/aromatic N) is 3. The summed E-state index contributed by atoms with van der Waals surface area (Å²) in [5.41, 5.74) is 6.97. The molecule has 0 radical (unpaired) electrons. The van der Waals surface area contributed by atoms with E-state index in [0.717, 1.165) is 29.7 Å². The number of pyridine rings is 1. The van der Waals surface area contributed by atoms with Crippen molar-refractivity contribution in [2.24, 2.45) is 5.73 Å². The Labute approximate surface area is 162 Å². The Morgan fingerprint density at radius 1 is 1.43 bits per heavy atom. The number of primary amides is 1. The fourth-order valence-electron chi connectivity index (χ4n) is 3.15. The van der Waals surface area contributed by atoms with Gasteiger partial charge in [0.2, 0.25) is 5.91 Å². The van der Waals surface area contributed by atoms with Crippen LogP contribution in [0.5, 0.6) is 0 Å². The van der Waals surface area contributed by atoms with Gasteiger partial charge in [0.15, 0.2) is 0 Å². The minimum Gasteiger partial charge on any atom is -0.365 e. The minimum absolute atomic E-state index is 0.0509. The third kappa shape index (κ3) is 3.47. The highest BCUT2D eigenvalue weighted by Gasteiger charge is 2.31. The molecule has 1 aliphatic carbocycles. The van der Waals surface area contributed by atoms with Gasteiger partial charge in [-0.1, -0.05) is 0 Å². The quantitative estimate of drug-likeness (QED) is 0.656. The summed E-state index contributed by atoms with van der Waals surface area (Å²) in [7, 11) is 0. The lowest BCUT2D eigenvalue weighted by atomic mass is 10.0. The Morgan fingerprint density at radius 3 is 2.75 bits per heavy atom. The first-order valence-electron chi connectivity index (χ1n) is 8.67. The second kappa shape index (κ2) is 6.93. The van der Waals surface area contributed by atoms with Crippen molar-refractivity contribution < 1.29 is 18.4 Å². The molecule has 3 N–H and O–H groups in total. The molecule has 0 aromatic carbocycles. The first kappa shape index (κ1) is 18.5. The Kier molecular flexibility index (Phi) is 4.58. The molecule has 3 aromatic heterocycles. The van der Waals surface area contributed by atoms with Crippen molar-refractivity contribution in [3.63, 3.8) is 0 Å². The van der Waals surface area contributed by atoms with E-state index in [2.05, 4.69) is 15.4 Å². The van der Waals surface area contributed by atoms with Crippen LogP contribution in [0.1, 0.15) is 51.7 Å². The van der Waals surface area contributed by atoms with Crippen molar-refractivity contribution in [1.29, 1.82) is 0 Å². The Balaban J connectivity index is 1.78. The smallest absolute Gasteiger partial charge is 0.280 e. The number of anilines is 1. The van der Waals surface area contributed by atoms with E-state index < -0.39 is 18.2 Å². The molecule has 10 heteroatoms. The lowest BCUT2D eigenvalue weighted by Gasteiger charge is -2.10. The van der Waals surface area contributed by atoms with Gasteiger partial charge in [-0.25, -0.2) is 13.8 Å². The van der Waals surface area contributed by atoms with Gasteiger partial charge in [-0.15, -0.1) is 11.3 Å². The lowest BCUT2D eigenvalue weighted by Crippen LogP contribution is -2.21. The second-order valence-electron chi connectivity index (χ2n) is 6.83. The minimum atomic E-state index is -2.72. The molecule has 28 heavy (non-hydrogen) atoms. The first-order chi connectivity index (χ1) is 13.3. The largest absolute Gasteiger partial charge is 0.365 e. The van der Waals surface area contributed by atoms with Gasteiger partial charge in [0.05, 0.1) is 11.9 Å². The zero-order valence-corrected chi connectivity index (χ0v) is 15.7. The van der Waals surface area contributed by atoms with Crippen LogP contribution >= 0.6 is 11.3 Å². The normalized spacial score (nSPS) is 14.0. The highest BCUT2D eigenvalue weighted by Crippen LogP contribution is 2.48. The fourth-order valence-corrected chi connectivity index (χ4v) is 4.17. The summed E-state index contributed by atoms with van der Waals surface area (Å²) in [5.74, 6) is -1.03. The molecular formula is C18H17F2N5O2S. The van der Waals surface area contributed by atoms with Crippen LogP contribution in [-0.4, -0.2) is 26.6 Å². The third-order valence-corrected chi connectivity index (χ3v) is 5.61. The number of carbonyl (C=O) groups excluding carboxylic acids is 2. The summed E-state index contributed by atoms with van der Waals surface area (Å²) in [4.78, 5) is 28.8. The lowest BCUT2D eigenvalue weighted by molar-refractivity contribution is -0.116. The van der Waals surface area contributed by atoms with E-state index in [1.54, 1.807) is 12.4 Å². The molecule has 3 heterocycles. The molecule has 1 fully saturated rings. The van der Waals surface area contributed by atoms with E-state index >= 15 is 0 Å². The van der Waals surface area contributed by atoms with Crippen molar-refractivity contribution in [3.8, 4) is 0 Å². The van der Waals surface area contributed by atoms with Crippen LogP contribution in [0.3, 0.4) is 0 Å². The molecule has 7 nitrogen and oxygen atoms in total. The molecule has 0 spiro atoms. The molecule has 0 aliphatic heterocycles. The Morgan fingerprint density at radius 2 is 2.18 bits per heavy atom. The Hall–Kier alpha value is -2.88. The second-order valence-corrected chi connectivity index (χ2v) is 7.82. The molecule has 1 aliphatic rings. The van der Waals surface area contributed by atoms with Gasteiger partial charge in [-0.2, -0.15) is 5.10 Å². The van der Waals surface area contributed by atoms with Gasteiger partial charge in [0, 0.05) is 11.6 Å². The van der Waals surface area contributed by atoms with Gasteiger partial charge >= 0.3 is 0 Å². The topological polar surface area (TPSA) is 103 Å². The van der Waals surface area contributed by atoms with Crippen molar-refractivity contribution in [3.05, 3.63) is 40.2 Å². The molecule has 0 unspecified atom stereocenters. The number of carbonyl (C=O) groups is 2. The number of hydrogen-bond donors (Lipinski definition) is 2. The van der Waals surface area contributed by atoms with Crippen LogP contribution in [0.25, 0.3) is 10.2 Å². The highest BCUT2D eigenvalue weighted by atomic mass is 32.1. The van der Waals surface area contributed by atoms with Crippen molar-refractivity contribution in [2.75, 3.05) is 5.32 Å².